The van der Waals surface area contributed by atoms with Crippen LogP contribution in [0, 0.1) is 19.3 Å². The number of thiazole rings is 1. The number of rotatable bonds is 30. The number of nitrogens with one attached hydrogen (secondary N) is 3. The standard InChI is InChI=1S/C58H78N8O13S/c1-11-17-42(12-2)79-46-23-22-40(57(72)75-10)28-43(46)61-55(70)51-37(4)66(64-63-51)44-30-48(74-9)49(31-47(44)73-8)78-25-16-14-13-15-24-76-26-27-77-34-50(68)62-53(58(5,6)7)56(71)65-33-41(67)29-45(65)54(69)59-32-38-18-20-39(21-19-38)52-36(3)60-35-80-52/h18-23,28,30-31,35,41-42,45,53,67H,11-17,24-27,29,32-34H2,1-10H3,(H,59,69)(H,61,70)(H,62,68)/t41-,42-,45-,53+/m0/s1. The average molecular weight is 1130 g/mol. The second-order valence-electron chi connectivity index (χ2n) is 20.6. The summed E-state index contributed by atoms with van der Waals surface area (Å²) in [5.74, 6) is -0.735. The molecule has 0 saturated carbocycles. The monoisotopic (exact) mass is 1130 g/mol. The first kappa shape index (κ1) is 62.1. The number of unbranched alkanes of at least 4 members (excludes halogenated alkanes) is 3. The van der Waals surface area contributed by atoms with Crippen molar-refractivity contribution in [2.45, 2.75) is 131 Å². The third-order valence-electron chi connectivity index (χ3n) is 13.6. The van der Waals surface area contributed by atoms with E-state index in [1.54, 1.807) is 42.5 Å². The number of carbonyl (C=O) groups excluding carboxylic acids is 5. The number of hydrogen-bond donors (Lipinski definition) is 4. The van der Waals surface area contributed by atoms with E-state index in [0.29, 0.717) is 53.3 Å². The van der Waals surface area contributed by atoms with Crippen LogP contribution < -0.4 is 34.9 Å². The highest BCUT2D eigenvalue weighted by Gasteiger charge is 2.44. The summed E-state index contributed by atoms with van der Waals surface area (Å²) >= 11 is 1.57. The molecule has 1 aliphatic rings. The first-order valence-electron chi connectivity index (χ1n) is 27.1. The van der Waals surface area contributed by atoms with Crippen LogP contribution in [0.5, 0.6) is 23.0 Å². The Morgan fingerprint density at radius 1 is 0.850 bits per heavy atom. The molecule has 21 nitrogen and oxygen atoms in total. The lowest BCUT2D eigenvalue weighted by molar-refractivity contribution is -0.144. The Kier molecular flexibility index (Phi) is 23.2. The van der Waals surface area contributed by atoms with Gasteiger partial charge in [0.25, 0.3) is 5.91 Å². The molecule has 1 aliphatic heterocycles. The fraction of sp³-hybridized carbons (Fsp3) is 0.517. The molecule has 0 spiro atoms. The van der Waals surface area contributed by atoms with E-state index in [4.69, 9.17) is 33.2 Å². The van der Waals surface area contributed by atoms with Crippen LogP contribution in [0.1, 0.15) is 124 Å². The second-order valence-corrected chi connectivity index (χ2v) is 21.4. The van der Waals surface area contributed by atoms with E-state index in [-0.39, 0.29) is 62.6 Å². The molecule has 3 heterocycles. The van der Waals surface area contributed by atoms with Crippen molar-refractivity contribution >= 4 is 46.6 Å². The van der Waals surface area contributed by atoms with Gasteiger partial charge >= 0.3 is 5.97 Å². The lowest BCUT2D eigenvalue weighted by Gasteiger charge is -2.35. The highest BCUT2D eigenvalue weighted by atomic mass is 32.1. The van der Waals surface area contributed by atoms with Gasteiger partial charge in [0, 0.05) is 38.2 Å². The van der Waals surface area contributed by atoms with E-state index in [0.717, 1.165) is 66.6 Å². The summed E-state index contributed by atoms with van der Waals surface area (Å²) in [4.78, 5) is 73.5. The summed E-state index contributed by atoms with van der Waals surface area (Å²) in [6.45, 7) is 14.5. The van der Waals surface area contributed by atoms with Crippen molar-refractivity contribution < 1.29 is 62.2 Å². The molecule has 3 aromatic carbocycles. The Morgan fingerprint density at radius 3 is 2.24 bits per heavy atom. The normalized spacial score (nSPS) is 15.0. The fourth-order valence-corrected chi connectivity index (χ4v) is 9.93. The van der Waals surface area contributed by atoms with Gasteiger partial charge in [0.1, 0.15) is 35.9 Å². The molecule has 2 aromatic heterocycles. The summed E-state index contributed by atoms with van der Waals surface area (Å²) in [7, 11) is 4.33. The fourth-order valence-electron chi connectivity index (χ4n) is 9.11. The van der Waals surface area contributed by atoms with Crippen LogP contribution in [0.25, 0.3) is 16.1 Å². The number of aliphatic hydroxyl groups is 1. The lowest BCUT2D eigenvalue weighted by Crippen LogP contribution is -2.58. The highest BCUT2D eigenvalue weighted by molar-refractivity contribution is 7.13. The Hall–Kier alpha value is -7.14. The van der Waals surface area contributed by atoms with Crippen molar-refractivity contribution in [1.29, 1.82) is 0 Å². The summed E-state index contributed by atoms with van der Waals surface area (Å²) in [6.07, 6.45) is 4.92. The van der Waals surface area contributed by atoms with Crippen LogP contribution in [-0.2, 0) is 35.1 Å². The van der Waals surface area contributed by atoms with Crippen molar-refractivity contribution in [3.63, 3.8) is 0 Å². The molecule has 4 N–H and O–H groups in total. The molecule has 434 valence electrons. The average Bonchev–Trinajstić information content (AvgIpc) is 4.19. The number of carbonyl (C=O) groups is 5. The minimum Gasteiger partial charge on any atom is -0.494 e. The van der Waals surface area contributed by atoms with Crippen molar-refractivity contribution in [2.24, 2.45) is 5.41 Å². The zero-order valence-corrected chi connectivity index (χ0v) is 48.5. The van der Waals surface area contributed by atoms with Gasteiger partial charge in [0.05, 0.1) is 86.4 Å². The third-order valence-corrected chi connectivity index (χ3v) is 14.5. The number of amides is 4. The van der Waals surface area contributed by atoms with Crippen LogP contribution >= 0.6 is 11.3 Å². The Balaban J connectivity index is 0.897. The molecule has 5 aromatic rings. The van der Waals surface area contributed by atoms with Gasteiger partial charge in [-0.05, 0) is 80.7 Å². The minimum atomic E-state index is -0.977. The molecule has 1 saturated heterocycles. The zero-order valence-electron chi connectivity index (χ0n) is 47.7. The summed E-state index contributed by atoms with van der Waals surface area (Å²) in [5, 5.41) is 27.7. The molecular weight excluding hydrogens is 1050 g/mol. The summed E-state index contributed by atoms with van der Waals surface area (Å²) < 4.78 is 41.6. The number of benzene rings is 3. The number of aromatic nitrogens is 4. The first-order valence-corrected chi connectivity index (χ1v) is 28.0. The first-order chi connectivity index (χ1) is 38.4. The number of aryl methyl sites for hydroxylation is 1. The molecule has 4 amide bonds. The number of nitrogens with zero attached hydrogens (tertiary/aromatic N) is 5. The number of hydrogen-bond acceptors (Lipinski definition) is 17. The largest absolute Gasteiger partial charge is 0.494 e. The molecule has 6 rings (SSSR count). The van der Waals surface area contributed by atoms with Crippen molar-refractivity contribution in [3.05, 3.63) is 88.3 Å². The van der Waals surface area contributed by atoms with Crippen molar-refractivity contribution in [1.82, 2.24) is 35.5 Å². The van der Waals surface area contributed by atoms with Crippen LogP contribution in [0.4, 0.5) is 5.69 Å². The Bertz CT molecular complexity index is 2870. The Morgan fingerprint density at radius 2 is 1.57 bits per heavy atom. The van der Waals surface area contributed by atoms with Crippen molar-refractivity contribution in [2.75, 3.05) is 66.2 Å². The second kappa shape index (κ2) is 29.9. The van der Waals surface area contributed by atoms with E-state index in [9.17, 15) is 29.1 Å². The number of ether oxygens (including phenoxy) is 7. The molecule has 0 radical (unpaired) electrons. The van der Waals surface area contributed by atoms with Gasteiger partial charge in [-0.3, -0.25) is 19.2 Å². The van der Waals surface area contributed by atoms with Crippen LogP contribution in [-0.4, -0.2) is 145 Å². The third kappa shape index (κ3) is 16.7. The smallest absolute Gasteiger partial charge is 0.337 e. The number of methoxy groups -OCH3 is 3. The van der Waals surface area contributed by atoms with Gasteiger partial charge in [-0.1, -0.05) is 76.9 Å². The molecule has 0 aliphatic carbocycles. The zero-order chi connectivity index (χ0) is 57.9. The van der Waals surface area contributed by atoms with E-state index < -0.39 is 47.3 Å². The summed E-state index contributed by atoms with van der Waals surface area (Å²) in [5.41, 5.74) is 5.43. The SMILES string of the molecule is CCC[C@H](CC)Oc1ccc(C(=O)OC)cc1NC(=O)c1nnn(-c2cc(OC)c(OCCCCCCOCCOCC(=O)N[C@H](C(=O)N3C[C@@H](O)C[C@H]3C(=O)NCc3ccc(-c4scnc4C)cc3)C(C)(C)C)cc2OC)c1C. The quantitative estimate of drug-likeness (QED) is 0.0253. The van der Waals surface area contributed by atoms with Crippen molar-refractivity contribution in [3.8, 4) is 39.1 Å². The van der Waals surface area contributed by atoms with Gasteiger partial charge in [-0.15, -0.1) is 16.4 Å². The number of esters is 1. The Labute approximate surface area is 472 Å². The topological polar surface area (TPSA) is 253 Å². The maximum Gasteiger partial charge on any atom is 0.337 e. The number of anilines is 1. The van der Waals surface area contributed by atoms with E-state index in [2.05, 4.69) is 38.2 Å². The molecule has 80 heavy (non-hydrogen) atoms. The minimum absolute atomic E-state index is 0.0265. The van der Waals surface area contributed by atoms with Crippen LogP contribution in [0.15, 0.2) is 60.1 Å². The van der Waals surface area contributed by atoms with Crippen LogP contribution in [0.3, 0.4) is 0 Å². The summed E-state index contributed by atoms with van der Waals surface area (Å²) in [6, 6.07) is 14.1. The van der Waals surface area contributed by atoms with E-state index in [1.807, 2.05) is 64.4 Å². The van der Waals surface area contributed by atoms with Gasteiger partial charge in [-0.2, -0.15) is 0 Å². The van der Waals surface area contributed by atoms with Crippen LogP contribution in [0.2, 0.25) is 0 Å². The van der Waals surface area contributed by atoms with Gasteiger partial charge in [-0.25, -0.2) is 14.5 Å². The predicted molar refractivity (Wildman–Crippen MR) is 302 cm³/mol. The maximum absolute atomic E-state index is 14.0. The lowest BCUT2D eigenvalue weighted by atomic mass is 9.85. The van der Waals surface area contributed by atoms with E-state index in [1.165, 1.54) is 37.0 Å². The molecule has 1 fully saturated rings. The molecule has 22 heteroatoms. The van der Waals surface area contributed by atoms with Gasteiger partial charge in [0.2, 0.25) is 17.7 Å². The molecule has 0 bridgehead atoms. The number of β-amino-alcohol motifs (C(OH)–C–C–N with tert-alkyl or cyclic N) is 1. The number of aliphatic hydroxyl groups excluding tert-OH is 1. The van der Waals surface area contributed by atoms with E-state index >= 15 is 0 Å². The highest BCUT2D eigenvalue weighted by Crippen LogP contribution is 2.38. The molecule has 0 unspecified atom stereocenters. The van der Waals surface area contributed by atoms with Gasteiger partial charge in [0.15, 0.2) is 17.2 Å². The predicted octanol–water partition coefficient (Wildman–Crippen LogP) is 7.80. The maximum atomic E-state index is 14.0. The molecular formula is C58H78N8O13S. The number of likely N-dealkylation sites (tertiary alicyclic amines) is 1. The molecule has 4 atom stereocenters. The van der Waals surface area contributed by atoms with Gasteiger partial charge < -0.3 is 59.1 Å².